The van der Waals surface area contributed by atoms with Gasteiger partial charge in [-0.2, -0.15) is 0 Å². The average molecular weight is 232 g/mol. The van der Waals surface area contributed by atoms with Gasteiger partial charge in [0.15, 0.2) is 0 Å². The quantitative estimate of drug-likeness (QED) is 0.753. The lowest BCUT2D eigenvalue weighted by Gasteiger charge is -2.30. The van der Waals surface area contributed by atoms with Gasteiger partial charge < -0.3 is 19.7 Å². The highest BCUT2D eigenvalue weighted by molar-refractivity contribution is 4.78. The maximum Gasteiger partial charge on any atom is 0.0547 e. The predicted molar refractivity (Wildman–Crippen MR) is 61.2 cm³/mol. The number of ether oxygens (including phenoxy) is 2. The third-order valence-electron chi connectivity index (χ3n) is 3.23. The average Bonchev–Trinajstić information content (AvgIpc) is 2.15. The van der Waals surface area contributed by atoms with Crippen LogP contribution in [0, 0.1) is 11.8 Å². The van der Waals surface area contributed by atoms with E-state index in [2.05, 4.69) is 0 Å². The molecule has 0 bridgehead atoms. The van der Waals surface area contributed by atoms with E-state index in [9.17, 15) is 0 Å². The van der Waals surface area contributed by atoms with Crippen molar-refractivity contribution >= 4 is 0 Å². The van der Waals surface area contributed by atoms with Crippen molar-refractivity contribution in [3.8, 4) is 0 Å². The Labute approximate surface area is 97.6 Å². The molecule has 0 aromatic rings. The van der Waals surface area contributed by atoms with Crippen LogP contribution < -0.4 is 0 Å². The van der Waals surface area contributed by atoms with Crippen LogP contribution in [0.2, 0.25) is 0 Å². The molecule has 0 aromatic heterocycles. The lowest BCUT2D eigenvalue weighted by Crippen LogP contribution is -2.31. The van der Waals surface area contributed by atoms with Gasteiger partial charge in [-0.05, 0) is 37.5 Å². The van der Waals surface area contributed by atoms with Crippen LogP contribution in [0.4, 0.5) is 0 Å². The van der Waals surface area contributed by atoms with Crippen LogP contribution in [0.1, 0.15) is 25.7 Å². The molecule has 0 heterocycles. The third-order valence-corrected chi connectivity index (χ3v) is 3.23. The minimum Gasteiger partial charge on any atom is -0.393 e. The van der Waals surface area contributed by atoms with Crippen LogP contribution in [0.25, 0.3) is 0 Å². The molecule has 2 aliphatic rings. The summed E-state index contributed by atoms with van der Waals surface area (Å²) < 4.78 is 9.77. The zero-order valence-electron chi connectivity index (χ0n) is 10.3. The molecule has 16 heavy (non-hydrogen) atoms. The Morgan fingerprint density at radius 3 is 1.31 bits per heavy atom. The van der Waals surface area contributed by atoms with Crippen molar-refractivity contribution in [3.63, 3.8) is 0 Å². The number of hydrogen-bond acceptors (Lipinski definition) is 4. The zero-order chi connectivity index (χ0) is 12.0. The molecule has 2 aliphatic carbocycles. The van der Waals surface area contributed by atoms with E-state index in [0.717, 1.165) is 38.9 Å². The number of rotatable bonds is 4. The molecule has 2 fully saturated rings. The second-order valence-electron chi connectivity index (χ2n) is 4.89. The van der Waals surface area contributed by atoms with Gasteiger partial charge in [-0.1, -0.05) is 0 Å². The lowest BCUT2D eigenvalue weighted by atomic mass is 9.83. The largest absolute Gasteiger partial charge is 0.393 e. The maximum absolute atomic E-state index is 8.79. The van der Waals surface area contributed by atoms with E-state index in [1.54, 1.807) is 14.2 Å². The van der Waals surface area contributed by atoms with E-state index < -0.39 is 0 Å². The number of methoxy groups -OCH3 is 2. The van der Waals surface area contributed by atoms with Crippen molar-refractivity contribution in [3.05, 3.63) is 0 Å². The first-order valence-corrected chi connectivity index (χ1v) is 5.99. The van der Waals surface area contributed by atoms with Crippen LogP contribution in [0.5, 0.6) is 0 Å². The Morgan fingerprint density at radius 2 is 1.12 bits per heavy atom. The molecule has 96 valence electrons. The van der Waals surface area contributed by atoms with E-state index in [-0.39, 0.29) is 12.2 Å². The highest BCUT2D eigenvalue weighted by atomic mass is 16.5. The van der Waals surface area contributed by atoms with Gasteiger partial charge in [-0.15, -0.1) is 0 Å². The summed E-state index contributed by atoms with van der Waals surface area (Å²) >= 11 is 0. The standard InChI is InChI=1S/2C6H12O2/c2*1-8-4-5-2-6(7)3-5/h2*5-7H,2-4H2,1H3. The fourth-order valence-corrected chi connectivity index (χ4v) is 2.14. The first-order chi connectivity index (χ1) is 7.65. The van der Waals surface area contributed by atoms with Crippen molar-refractivity contribution in [1.29, 1.82) is 0 Å². The molecule has 2 rings (SSSR count). The highest BCUT2D eigenvalue weighted by Crippen LogP contribution is 2.27. The van der Waals surface area contributed by atoms with E-state index in [1.807, 2.05) is 0 Å². The molecule has 0 aromatic carbocycles. The van der Waals surface area contributed by atoms with Crippen LogP contribution in [-0.4, -0.2) is 49.9 Å². The Balaban J connectivity index is 0.000000160. The summed E-state index contributed by atoms with van der Waals surface area (Å²) in [6, 6.07) is 0. The molecule has 0 atom stereocenters. The third kappa shape index (κ3) is 4.78. The Bertz CT molecular complexity index is 148. The molecule has 2 saturated carbocycles. The summed E-state index contributed by atoms with van der Waals surface area (Å²) in [5.41, 5.74) is 0. The first-order valence-electron chi connectivity index (χ1n) is 5.99. The van der Waals surface area contributed by atoms with Crippen molar-refractivity contribution in [1.82, 2.24) is 0 Å². The summed E-state index contributed by atoms with van der Waals surface area (Å²) in [6.45, 7) is 1.63. The Hall–Kier alpha value is -0.160. The number of aliphatic hydroxyl groups excluding tert-OH is 2. The molecule has 0 spiro atoms. The summed E-state index contributed by atoms with van der Waals surface area (Å²) in [5, 5.41) is 17.6. The van der Waals surface area contributed by atoms with E-state index in [0.29, 0.717) is 11.8 Å². The fourth-order valence-electron chi connectivity index (χ4n) is 2.14. The summed E-state index contributed by atoms with van der Waals surface area (Å²) in [4.78, 5) is 0. The van der Waals surface area contributed by atoms with Gasteiger partial charge >= 0.3 is 0 Å². The molecule has 4 heteroatoms. The molecular formula is C12H24O4. The molecule has 0 radical (unpaired) electrons. The molecule has 0 unspecified atom stereocenters. The minimum atomic E-state index is -0.0323. The van der Waals surface area contributed by atoms with Gasteiger partial charge in [-0.3, -0.25) is 0 Å². The Kier molecular flexibility index (Phi) is 6.28. The zero-order valence-corrected chi connectivity index (χ0v) is 10.3. The molecule has 0 aliphatic heterocycles. The van der Waals surface area contributed by atoms with Crippen molar-refractivity contribution < 1.29 is 19.7 Å². The van der Waals surface area contributed by atoms with Gasteiger partial charge in [0.1, 0.15) is 0 Å². The van der Waals surface area contributed by atoms with Crippen molar-refractivity contribution in [2.45, 2.75) is 37.9 Å². The van der Waals surface area contributed by atoms with Crippen LogP contribution in [-0.2, 0) is 9.47 Å². The van der Waals surface area contributed by atoms with E-state index in [4.69, 9.17) is 19.7 Å². The topological polar surface area (TPSA) is 58.9 Å². The van der Waals surface area contributed by atoms with Crippen molar-refractivity contribution in [2.24, 2.45) is 11.8 Å². The summed E-state index contributed by atoms with van der Waals surface area (Å²) in [7, 11) is 3.40. The lowest BCUT2D eigenvalue weighted by molar-refractivity contribution is 0.00280. The maximum atomic E-state index is 8.79. The van der Waals surface area contributed by atoms with Crippen LogP contribution in [0.15, 0.2) is 0 Å². The van der Waals surface area contributed by atoms with E-state index in [1.165, 1.54) is 0 Å². The Morgan fingerprint density at radius 1 is 0.812 bits per heavy atom. The highest BCUT2D eigenvalue weighted by Gasteiger charge is 2.26. The molecule has 4 nitrogen and oxygen atoms in total. The number of aliphatic hydroxyl groups is 2. The second-order valence-corrected chi connectivity index (χ2v) is 4.89. The van der Waals surface area contributed by atoms with Gasteiger partial charge in [0, 0.05) is 27.4 Å². The smallest absolute Gasteiger partial charge is 0.0547 e. The van der Waals surface area contributed by atoms with Crippen LogP contribution >= 0.6 is 0 Å². The molecular weight excluding hydrogens is 208 g/mol. The molecule has 0 saturated heterocycles. The van der Waals surface area contributed by atoms with Gasteiger partial charge in [0.25, 0.3) is 0 Å². The van der Waals surface area contributed by atoms with Gasteiger partial charge in [-0.25, -0.2) is 0 Å². The molecule has 2 N–H and O–H groups in total. The van der Waals surface area contributed by atoms with Gasteiger partial charge in [0.2, 0.25) is 0 Å². The summed E-state index contributed by atoms with van der Waals surface area (Å²) in [5.74, 6) is 1.27. The monoisotopic (exact) mass is 232 g/mol. The van der Waals surface area contributed by atoms with Gasteiger partial charge in [0.05, 0.1) is 12.2 Å². The minimum absolute atomic E-state index is 0.0323. The summed E-state index contributed by atoms with van der Waals surface area (Å²) in [6.07, 6.45) is 3.69. The van der Waals surface area contributed by atoms with E-state index >= 15 is 0 Å². The second kappa shape index (κ2) is 7.22. The van der Waals surface area contributed by atoms with Crippen LogP contribution in [0.3, 0.4) is 0 Å². The predicted octanol–water partition coefficient (Wildman–Crippen LogP) is 0.807. The fraction of sp³-hybridized carbons (Fsp3) is 1.00. The van der Waals surface area contributed by atoms with Crippen molar-refractivity contribution in [2.75, 3.05) is 27.4 Å². The normalized spacial score (nSPS) is 36.8. The number of hydrogen-bond donors (Lipinski definition) is 2. The SMILES string of the molecule is COCC1CC(O)C1.COCC1CC(O)C1. The molecule has 0 amide bonds. The first kappa shape index (κ1) is 13.9.